The van der Waals surface area contributed by atoms with Crippen LogP contribution in [-0.4, -0.2) is 41.7 Å². The number of hydrogen-bond donors (Lipinski definition) is 3. The van der Waals surface area contributed by atoms with Crippen molar-refractivity contribution in [3.8, 4) is 33.8 Å². The molecule has 8 heteroatoms. The van der Waals surface area contributed by atoms with Crippen molar-refractivity contribution in [2.45, 2.75) is 13.5 Å². The van der Waals surface area contributed by atoms with E-state index in [9.17, 15) is 0 Å². The number of aromatic nitrogens is 7. The largest absolute Gasteiger partial charge is 0.352 e. The second-order valence-electron chi connectivity index (χ2n) is 8.12. The lowest BCUT2D eigenvalue weighted by Gasteiger charge is -2.05. The van der Waals surface area contributed by atoms with Gasteiger partial charge in [-0.15, -0.1) is 0 Å². The third kappa shape index (κ3) is 3.60. The van der Waals surface area contributed by atoms with Gasteiger partial charge in [-0.3, -0.25) is 25.0 Å². The topological polar surface area (TPSA) is 108 Å². The number of nitrogens with one attached hydrogen (secondary N) is 3. The Labute approximate surface area is 195 Å². The maximum atomic E-state index is 4.64. The number of hydrogen-bond acceptors (Lipinski definition) is 6. The Bertz CT molecular complexity index is 1600. The highest BCUT2D eigenvalue weighted by Crippen LogP contribution is 2.34. The molecule has 6 aromatic heterocycles. The molecule has 0 atom stereocenters. The van der Waals surface area contributed by atoms with Gasteiger partial charge in [-0.25, -0.2) is 0 Å². The molecule has 0 aliphatic carbocycles. The van der Waals surface area contributed by atoms with Crippen LogP contribution in [0.15, 0.2) is 73.7 Å². The van der Waals surface area contributed by atoms with Crippen LogP contribution in [0.4, 0.5) is 0 Å². The SMILES string of the molecule is CCNCc1cncc(-c2cc3c(-c4cc5c(-c6cccnc6)cncc5[nH]4)n[nH]c3cn2)c1. The second-order valence-corrected chi connectivity index (χ2v) is 8.12. The Kier molecular flexibility index (Phi) is 5.04. The van der Waals surface area contributed by atoms with E-state index in [1.807, 2.05) is 49.3 Å². The average molecular weight is 447 g/mol. The number of aromatic amines is 2. The Morgan fingerprint density at radius 2 is 1.76 bits per heavy atom. The predicted octanol–water partition coefficient (Wildman–Crippen LogP) is 4.73. The standard InChI is InChI=1S/C26H22N8/c1-2-27-9-16-6-18(12-29-10-16)22-8-20-25(15-31-22)33-34-26(20)23-7-19-21(13-30-14-24(19)32-23)17-4-3-5-28-11-17/h3-8,10-15,27,32H,2,9H2,1H3,(H,33,34). The lowest BCUT2D eigenvalue weighted by molar-refractivity contribution is 0.724. The molecule has 0 unspecified atom stereocenters. The molecule has 0 amide bonds. The van der Waals surface area contributed by atoms with Gasteiger partial charge in [0.1, 0.15) is 5.69 Å². The molecule has 6 heterocycles. The van der Waals surface area contributed by atoms with E-state index in [1.54, 1.807) is 6.20 Å². The molecular weight excluding hydrogens is 424 g/mol. The number of H-pyrrole nitrogens is 2. The lowest BCUT2D eigenvalue weighted by Crippen LogP contribution is -2.11. The Hall–Kier alpha value is -4.43. The summed E-state index contributed by atoms with van der Waals surface area (Å²) in [5, 5.41) is 13.1. The number of rotatable bonds is 6. The molecule has 34 heavy (non-hydrogen) atoms. The summed E-state index contributed by atoms with van der Waals surface area (Å²) in [4.78, 5) is 21.2. The van der Waals surface area contributed by atoms with Gasteiger partial charge in [-0.05, 0) is 36.4 Å². The van der Waals surface area contributed by atoms with Crippen molar-refractivity contribution in [3.63, 3.8) is 0 Å². The van der Waals surface area contributed by atoms with Gasteiger partial charge in [0.2, 0.25) is 0 Å². The zero-order valence-corrected chi connectivity index (χ0v) is 18.6. The molecule has 0 aliphatic rings. The smallest absolute Gasteiger partial charge is 0.116 e. The zero-order chi connectivity index (χ0) is 22.9. The van der Waals surface area contributed by atoms with Crippen LogP contribution in [-0.2, 0) is 6.54 Å². The summed E-state index contributed by atoms with van der Waals surface area (Å²) in [7, 11) is 0. The third-order valence-corrected chi connectivity index (χ3v) is 5.89. The molecule has 8 nitrogen and oxygen atoms in total. The Morgan fingerprint density at radius 1 is 0.853 bits per heavy atom. The van der Waals surface area contributed by atoms with Crippen molar-refractivity contribution in [3.05, 3.63) is 79.3 Å². The lowest BCUT2D eigenvalue weighted by atomic mass is 10.1. The van der Waals surface area contributed by atoms with Crippen molar-refractivity contribution in [1.82, 2.24) is 40.4 Å². The van der Waals surface area contributed by atoms with Crippen LogP contribution in [0.25, 0.3) is 55.6 Å². The molecule has 0 saturated carbocycles. The first-order valence-electron chi connectivity index (χ1n) is 11.2. The van der Waals surface area contributed by atoms with Crippen molar-refractivity contribution in [1.29, 1.82) is 0 Å². The van der Waals surface area contributed by atoms with Crippen molar-refractivity contribution in [2.24, 2.45) is 0 Å². The molecule has 0 fully saturated rings. The van der Waals surface area contributed by atoms with E-state index >= 15 is 0 Å². The van der Waals surface area contributed by atoms with Crippen LogP contribution in [0.3, 0.4) is 0 Å². The summed E-state index contributed by atoms with van der Waals surface area (Å²) >= 11 is 0. The summed E-state index contributed by atoms with van der Waals surface area (Å²) in [6.07, 6.45) is 12.9. The van der Waals surface area contributed by atoms with Crippen molar-refractivity contribution < 1.29 is 0 Å². The molecule has 0 aliphatic heterocycles. The van der Waals surface area contributed by atoms with Crippen LogP contribution in [0.5, 0.6) is 0 Å². The molecule has 0 saturated heterocycles. The molecule has 0 radical (unpaired) electrons. The molecule has 0 bridgehead atoms. The van der Waals surface area contributed by atoms with E-state index < -0.39 is 0 Å². The van der Waals surface area contributed by atoms with E-state index in [4.69, 9.17) is 0 Å². The number of nitrogens with zero attached hydrogens (tertiary/aromatic N) is 5. The van der Waals surface area contributed by atoms with Gasteiger partial charge in [-0.1, -0.05) is 13.0 Å². The molecular formula is C26H22N8. The predicted molar refractivity (Wildman–Crippen MR) is 133 cm³/mol. The summed E-state index contributed by atoms with van der Waals surface area (Å²) < 4.78 is 0. The van der Waals surface area contributed by atoms with E-state index in [2.05, 4.69) is 65.6 Å². The monoisotopic (exact) mass is 446 g/mol. The van der Waals surface area contributed by atoms with Crippen LogP contribution >= 0.6 is 0 Å². The van der Waals surface area contributed by atoms with Crippen LogP contribution < -0.4 is 5.32 Å². The van der Waals surface area contributed by atoms with Gasteiger partial charge in [-0.2, -0.15) is 5.10 Å². The maximum absolute atomic E-state index is 4.64. The summed E-state index contributed by atoms with van der Waals surface area (Å²) in [5.74, 6) is 0. The first kappa shape index (κ1) is 20.2. The zero-order valence-electron chi connectivity index (χ0n) is 18.6. The second kappa shape index (κ2) is 8.49. The van der Waals surface area contributed by atoms with Gasteiger partial charge in [0, 0.05) is 65.0 Å². The van der Waals surface area contributed by atoms with Gasteiger partial charge in [0.15, 0.2) is 0 Å². The maximum Gasteiger partial charge on any atom is 0.116 e. The molecule has 3 N–H and O–H groups in total. The minimum Gasteiger partial charge on any atom is -0.352 e. The van der Waals surface area contributed by atoms with Crippen LogP contribution in [0.2, 0.25) is 0 Å². The number of fused-ring (bicyclic) bond motifs is 2. The normalized spacial score (nSPS) is 11.4. The summed E-state index contributed by atoms with van der Waals surface area (Å²) in [6.45, 7) is 3.78. The van der Waals surface area contributed by atoms with E-state index in [0.29, 0.717) is 0 Å². The Morgan fingerprint density at radius 3 is 2.65 bits per heavy atom. The third-order valence-electron chi connectivity index (χ3n) is 5.89. The molecule has 6 aromatic rings. The highest BCUT2D eigenvalue weighted by molar-refractivity contribution is 6.00. The minimum absolute atomic E-state index is 0.777. The fourth-order valence-corrected chi connectivity index (χ4v) is 4.20. The Balaban J connectivity index is 1.44. The van der Waals surface area contributed by atoms with Crippen LogP contribution in [0.1, 0.15) is 12.5 Å². The fraction of sp³-hybridized carbons (Fsp3) is 0.115. The highest BCUT2D eigenvalue weighted by Gasteiger charge is 2.15. The molecule has 0 spiro atoms. The first-order valence-corrected chi connectivity index (χ1v) is 11.2. The van der Waals surface area contributed by atoms with Crippen molar-refractivity contribution >= 4 is 21.8 Å². The van der Waals surface area contributed by atoms with E-state index in [1.165, 1.54) is 0 Å². The van der Waals surface area contributed by atoms with E-state index in [-0.39, 0.29) is 0 Å². The van der Waals surface area contributed by atoms with Crippen molar-refractivity contribution in [2.75, 3.05) is 6.54 Å². The molecule has 0 aromatic carbocycles. The molecule has 6 rings (SSSR count). The minimum atomic E-state index is 0.777. The molecule has 166 valence electrons. The number of pyridine rings is 4. The quantitative estimate of drug-likeness (QED) is 0.341. The van der Waals surface area contributed by atoms with Gasteiger partial charge >= 0.3 is 0 Å². The van der Waals surface area contributed by atoms with Gasteiger partial charge in [0.05, 0.1) is 34.8 Å². The highest BCUT2D eigenvalue weighted by atomic mass is 15.1. The van der Waals surface area contributed by atoms with E-state index in [0.717, 1.165) is 74.2 Å². The van der Waals surface area contributed by atoms with Gasteiger partial charge < -0.3 is 10.3 Å². The van der Waals surface area contributed by atoms with Crippen LogP contribution in [0, 0.1) is 0 Å². The average Bonchev–Trinajstić information content (AvgIpc) is 3.51. The first-order chi connectivity index (χ1) is 16.8. The summed E-state index contributed by atoms with van der Waals surface area (Å²) in [6, 6.07) is 10.3. The fourth-order valence-electron chi connectivity index (χ4n) is 4.20. The summed E-state index contributed by atoms with van der Waals surface area (Å²) in [5.41, 5.74) is 8.58. The van der Waals surface area contributed by atoms with Gasteiger partial charge in [0.25, 0.3) is 0 Å².